The van der Waals surface area contributed by atoms with Crippen LogP contribution in [0.25, 0.3) is 0 Å². The van der Waals surface area contributed by atoms with E-state index < -0.39 is 0 Å². The highest BCUT2D eigenvalue weighted by molar-refractivity contribution is 5.94. The molecule has 0 spiro atoms. The maximum Gasteiger partial charge on any atom is 0.245 e. The molecule has 1 fully saturated rings. The third-order valence-electron chi connectivity index (χ3n) is 4.04. The van der Waals surface area contributed by atoms with Gasteiger partial charge in [-0.2, -0.15) is 0 Å². The van der Waals surface area contributed by atoms with Crippen molar-refractivity contribution in [2.75, 3.05) is 25.0 Å². The van der Waals surface area contributed by atoms with E-state index >= 15 is 0 Å². The molecule has 0 radical (unpaired) electrons. The minimum atomic E-state index is -0.312. The number of hydrogen-bond donors (Lipinski definition) is 1. The van der Waals surface area contributed by atoms with Gasteiger partial charge in [0.2, 0.25) is 11.8 Å². The van der Waals surface area contributed by atoms with E-state index in [1.807, 2.05) is 30.3 Å². The Hall–Kier alpha value is -2.67. The number of ether oxygens (including phenoxy) is 1. The Bertz CT molecular complexity index is 682. The fraction of sp³-hybridized carbons (Fsp3) is 0.389. The number of aromatic nitrogens is 1. The lowest BCUT2D eigenvalue weighted by Gasteiger charge is -2.25. The molecule has 132 valence electrons. The highest BCUT2D eigenvalue weighted by atomic mass is 16.5. The van der Waals surface area contributed by atoms with Gasteiger partial charge < -0.3 is 19.5 Å². The molecule has 2 amide bonds. The van der Waals surface area contributed by atoms with Gasteiger partial charge in [0.15, 0.2) is 5.82 Å². The molecular weight excluding hydrogens is 322 g/mol. The molecule has 0 saturated carbocycles. The summed E-state index contributed by atoms with van der Waals surface area (Å²) in [4.78, 5) is 26.5. The van der Waals surface area contributed by atoms with Crippen LogP contribution in [0.4, 0.5) is 5.82 Å². The first kappa shape index (κ1) is 17.2. The van der Waals surface area contributed by atoms with Gasteiger partial charge in [-0.3, -0.25) is 9.59 Å². The Morgan fingerprint density at radius 2 is 2.08 bits per heavy atom. The van der Waals surface area contributed by atoms with Crippen molar-refractivity contribution in [2.45, 2.75) is 25.4 Å². The molecule has 1 unspecified atom stereocenters. The molecule has 1 aliphatic heterocycles. The summed E-state index contributed by atoms with van der Waals surface area (Å²) in [6.45, 7) is 1.08. The van der Waals surface area contributed by atoms with Crippen molar-refractivity contribution in [1.82, 2.24) is 10.1 Å². The Morgan fingerprint density at radius 1 is 1.24 bits per heavy atom. The second-order valence-electron chi connectivity index (χ2n) is 6.00. The van der Waals surface area contributed by atoms with Gasteiger partial charge in [-0.05, 0) is 18.4 Å². The van der Waals surface area contributed by atoms with E-state index in [1.54, 1.807) is 11.0 Å². The molecular formula is C18H21N3O4. The molecule has 25 heavy (non-hydrogen) atoms. The molecule has 1 aromatic carbocycles. The van der Waals surface area contributed by atoms with Crippen LogP contribution in [0.1, 0.15) is 18.4 Å². The first-order valence-electron chi connectivity index (χ1n) is 8.34. The maximum absolute atomic E-state index is 12.7. The van der Waals surface area contributed by atoms with Crippen molar-refractivity contribution in [3.63, 3.8) is 0 Å². The van der Waals surface area contributed by atoms with E-state index in [-0.39, 0.29) is 30.9 Å². The van der Waals surface area contributed by atoms with Crippen LogP contribution in [-0.2, 0) is 20.7 Å². The van der Waals surface area contributed by atoms with Crippen LogP contribution in [0.3, 0.4) is 0 Å². The Labute approximate surface area is 145 Å². The zero-order chi connectivity index (χ0) is 17.5. The molecule has 1 atom stereocenters. The van der Waals surface area contributed by atoms with Crippen LogP contribution in [-0.4, -0.2) is 47.7 Å². The number of amides is 2. The molecule has 3 rings (SSSR count). The predicted molar refractivity (Wildman–Crippen MR) is 90.8 cm³/mol. The van der Waals surface area contributed by atoms with Gasteiger partial charge in [0.1, 0.15) is 12.8 Å². The van der Waals surface area contributed by atoms with E-state index in [0.717, 1.165) is 18.4 Å². The van der Waals surface area contributed by atoms with Gasteiger partial charge in [0.25, 0.3) is 0 Å². The summed E-state index contributed by atoms with van der Waals surface area (Å²) in [7, 11) is 0. The van der Waals surface area contributed by atoms with Crippen LogP contribution in [0.5, 0.6) is 0 Å². The second-order valence-corrected chi connectivity index (χ2v) is 6.00. The molecule has 2 aromatic rings. The number of carbonyl (C=O) groups excluding carboxylic acids is 2. The van der Waals surface area contributed by atoms with Crippen LogP contribution in [0.2, 0.25) is 0 Å². The molecule has 1 saturated heterocycles. The number of nitrogens with one attached hydrogen (secondary N) is 1. The third kappa shape index (κ3) is 5.15. The average molecular weight is 343 g/mol. The topological polar surface area (TPSA) is 84.7 Å². The van der Waals surface area contributed by atoms with Crippen molar-refractivity contribution in [1.29, 1.82) is 0 Å². The van der Waals surface area contributed by atoms with E-state index in [0.29, 0.717) is 19.0 Å². The second kappa shape index (κ2) is 8.43. The van der Waals surface area contributed by atoms with Crippen molar-refractivity contribution in [2.24, 2.45) is 0 Å². The Morgan fingerprint density at radius 3 is 2.76 bits per heavy atom. The van der Waals surface area contributed by atoms with Crippen molar-refractivity contribution in [3.05, 3.63) is 48.2 Å². The first-order chi connectivity index (χ1) is 12.2. The molecule has 0 aliphatic carbocycles. The molecule has 7 nitrogen and oxygen atoms in total. The highest BCUT2D eigenvalue weighted by Gasteiger charge is 2.24. The van der Waals surface area contributed by atoms with E-state index in [2.05, 4.69) is 15.0 Å². The fourth-order valence-corrected chi connectivity index (χ4v) is 2.80. The van der Waals surface area contributed by atoms with E-state index in [4.69, 9.17) is 4.74 Å². The third-order valence-corrected chi connectivity index (χ3v) is 4.04. The molecule has 0 bridgehead atoms. The zero-order valence-corrected chi connectivity index (χ0v) is 13.9. The number of rotatable bonds is 7. The monoisotopic (exact) mass is 343 g/mol. The summed E-state index contributed by atoms with van der Waals surface area (Å²) in [6.07, 6.45) is 3.50. The summed E-state index contributed by atoms with van der Waals surface area (Å²) in [6, 6.07) is 11.0. The van der Waals surface area contributed by atoms with E-state index in [1.165, 1.54) is 6.26 Å². The maximum atomic E-state index is 12.7. The average Bonchev–Trinajstić information content (AvgIpc) is 3.29. The zero-order valence-electron chi connectivity index (χ0n) is 13.9. The molecule has 1 aliphatic rings. The number of carbonyl (C=O) groups is 2. The van der Waals surface area contributed by atoms with Crippen LogP contribution in [0, 0.1) is 0 Å². The standard InChI is InChI=1S/C18H21N3O4/c22-17(19-16-8-10-25-20-16)13-21(12-15-7-4-9-24-15)18(23)11-14-5-2-1-3-6-14/h1-3,5-6,8,10,15H,4,7,9,11-13H2,(H,19,20,22). The van der Waals surface area contributed by atoms with Gasteiger partial charge in [0.05, 0.1) is 12.5 Å². The Kier molecular flexibility index (Phi) is 5.79. The van der Waals surface area contributed by atoms with Crippen LogP contribution in [0.15, 0.2) is 47.2 Å². The van der Waals surface area contributed by atoms with E-state index in [9.17, 15) is 9.59 Å². The number of nitrogens with zero attached hydrogens (tertiary/aromatic N) is 2. The smallest absolute Gasteiger partial charge is 0.245 e. The summed E-state index contributed by atoms with van der Waals surface area (Å²) >= 11 is 0. The van der Waals surface area contributed by atoms with Crippen molar-refractivity contribution in [3.8, 4) is 0 Å². The minimum Gasteiger partial charge on any atom is -0.376 e. The summed E-state index contributed by atoms with van der Waals surface area (Å²) in [5.74, 6) is -0.0807. The first-order valence-corrected chi connectivity index (χ1v) is 8.34. The highest BCUT2D eigenvalue weighted by Crippen LogP contribution is 2.14. The van der Waals surface area contributed by atoms with Crippen molar-refractivity contribution < 1.29 is 18.8 Å². The van der Waals surface area contributed by atoms with Gasteiger partial charge in [-0.15, -0.1) is 0 Å². The van der Waals surface area contributed by atoms with Gasteiger partial charge in [-0.1, -0.05) is 35.5 Å². The lowest BCUT2D eigenvalue weighted by molar-refractivity contribution is -0.135. The summed E-state index contributed by atoms with van der Waals surface area (Å²) in [5, 5.41) is 6.26. The van der Waals surface area contributed by atoms with Gasteiger partial charge >= 0.3 is 0 Å². The quantitative estimate of drug-likeness (QED) is 0.829. The molecule has 7 heteroatoms. The fourth-order valence-electron chi connectivity index (χ4n) is 2.80. The largest absolute Gasteiger partial charge is 0.376 e. The van der Waals surface area contributed by atoms with Crippen LogP contribution < -0.4 is 5.32 Å². The van der Waals surface area contributed by atoms with Gasteiger partial charge in [0, 0.05) is 19.2 Å². The van der Waals surface area contributed by atoms with Crippen molar-refractivity contribution >= 4 is 17.6 Å². The van der Waals surface area contributed by atoms with Crippen LogP contribution >= 0.6 is 0 Å². The SMILES string of the molecule is O=C(CN(CC1CCCO1)C(=O)Cc1ccccc1)Nc1ccon1. The minimum absolute atomic E-state index is 0.0143. The number of benzene rings is 1. The molecule has 1 aromatic heterocycles. The summed E-state index contributed by atoms with van der Waals surface area (Å²) < 4.78 is 10.3. The lowest BCUT2D eigenvalue weighted by atomic mass is 10.1. The molecule has 2 heterocycles. The normalized spacial score (nSPS) is 16.6. The predicted octanol–water partition coefficient (Wildman–Crippen LogP) is 1.86. The van der Waals surface area contributed by atoms with Gasteiger partial charge in [-0.25, -0.2) is 0 Å². The number of anilines is 1. The Balaban J connectivity index is 1.63. The molecule has 1 N–H and O–H groups in total. The number of hydrogen-bond acceptors (Lipinski definition) is 5. The summed E-state index contributed by atoms with van der Waals surface area (Å²) in [5.41, 5.74) is 0.918. The lowest BCUT2D eigenvalue weighted by Crippen LogP contribution is -2.43.